The molecular formula is C15H11ClFIN2O2. The Hall–Kier alpha value is -1.67. The molecule has 114 valence electrons. The Labute approximate surface area is 145 Å². The molecule has 2 amide bonds. The molecule has 2 aromatic carbocycles. The van der Waals surface area contributed by atoms with E-state index in [0.717, 1.165) is 15.2 Å². The van der Waals surface area contributed by atoms with Crippen molar-refractivity contribution in [2.75, 3.05) is 10.6 Å². The van der Waals surface area contributed by atoms with Gasteiger partial charge in [-0.15, -0.1) is 0 Å². The smallest absolute Gasteiger partial charge is 0.314 e. The van der Waals surface area contributed by atoms with Gasteiger partial charge < -0.3 is 10.6 Å². The summed E-state index contributed by atoms with van der Waals surface area (Å²) in [7, 11) is 0. The Bertz CT molecular complexity index is 752. The number of benzene rings is 2. The molecule has 0 aromatic heterocycles. The molecule has 0 saturated carbocycles. The van der Waals surface area contributed by atoms with E-state index in [1.54, 1.807) is 6.07 Å². The maximum atomic E-state index is 13.0. The maximum Gasteiger partial charge on any atom is 0.314 e. The Balaban J connectivity index is 2.05. The molecule has 2 rings (SSSR count). The summed E-state index contributed by atoms with van der Waals surface area (Å²) in [6.07, 6.45) is 0. The van der Waals surface area contributed by atoms with Crippen LogP contribution in [-0.4, -0.2) is 11.8 Å². The topological polar surface area (TPSA) is 58.2 Å². The first-order valence-corrected chi connectivity index (χ1v) is 7.66. The quantitative estimate of drug-likeness (QED) is 0.557. The molecule has 0 aliphatic carbocycles. The number of carbonyl (C=O) groups excluding carboxylic acids is 2. The highest BCUT2D eigenvalue weighted by atomic mass is 127. The van der Waals surface area contributed by atoms with E-state index >= 15 is 0 Å². The van der Waals surface area contributed by atoms with Crippen LogP contribution in [0.15, 0.2) is 36.4 Å². The van der Waals surface area contributed by atoms with Gasteiger partial charge in [0.25, 0.3) is 0 Å². The molecule has 22 heavy (non-hydrogen) atoms. The number of hydrogen-bond donors (Lipinski definition) is 2. The summed E-state index contributed by atoms with van der Waals surface area (Å²) in [6.45, 7) is 1.83. The molecule has 2 N–H and O–H groups in total. The van der Waals surface area contributed by atoms with Crippen LogP contribution in [-0.2, 0) is 9.59 Å². The number of carbonyl (C=O) groups is 2. The minimum atomic E-state index is -0.861. The summed E-state index contributed by atoms with van der Waals surface area (Å²) in [5.41, 5.74) is 1.64. The van der Waals surface area contributed by atoms with Gasteiger partial charge in [0, 0.05) is 14.9 Å². The maximum absolute atomic E-state index is 13.0. The molecule has 0 radical (unpaired) electrons. The summed E-state index contributed by atoms with van der Waals surface area (Å²) in [4.78, 5) is 23.7. The molecule has 4 nitrogen and oxygen atoms in total. The molecule has 0 aliphatic heterocycles. The average Bonchev–Trinajstić information content (AvgIpc) is 2.45. The predicted molar refractivity (Wildman–Crippen MR) is 92.6 cm³/mol. The van der Waals surface area contributed by atoms with Crippen LogP contribution in [0.5, 0.6) is 0 Å². The van der Waals surface area contributed by atoms with Gasteiger partial charge in [-0.3, -0.25) is 9.59 Å². The minimum Gasteiger partial charge on any atom is -0.318 e. The summed E-state index contributed by atoms with van der Waals surface area (Å²) in [6, 6.07) is 9.09. The lowest BCUT2D eigenvalue weighted by Crippen LogP contribution is -2.29. The fourth-order valence-electron chi connectivity index (χ4n) is 1.71. The molecule has 2 aromatic rings. The average molecular weight is 433 g/mol. The largest absolute Gasteiger partial charge is 0.318 e. The van der Waals surface area contributed by atoms with Crippen LogP contribution in [0.25, 0.3) is 0 Å². The first-order valence-electron chi connectivity index (χ1n) is 6.20. The Morgan fingerprint density at radius 1 is 1.09 bits per heavy atom. The van der Waals surface area contributed by atoms with Crippen LogP contribution in [0.3, 0.4) is 0 Å². The van der Waals surface area contributed by atoms with E-state index in [2.05, 4.69) is 33.2 Å². The lowest BCUT2D eigenvalue weighted by atomic mass is 10.2. The Morgan fingerprint density at radius 3 is 2.41 bits per heavy atom. The Morgan fingerprint density at radius 2 is 1.77 bits per heavy atom. The van der Waals surface area contributed by atoms with Crippen molar-refractivity contribution in [1.29, 1.82) is 0 Å². The van der Waals surface area contributed by atoms with Gasteiger partial charge in [0.15, 0.2) is 0 Å². The summed E-state index contributed by atoms with van der Waals surface area (Å²) in [5, 5.41) is 4.75. The van der Waals surface area contributed by atoms with Crippen LogP contribution in [0.4, 0.5) is 15.8 Å². The Kier molecular flexibility index (Phi) is 5.36. The van der Waals surface area contributed by atoms with E-state index in [4.69, 9.17) is 11.6 Å². The first kappa shape index (κ1) is 16.7. The number of amides is 2. The fourth-order valence-corrected chi connectivity index (χ4v) is 2.54. The number of halogens is 3. The first-order chi connectivity index (χ1) is 10.4. The summed E-state index contributed by atoms with van der Waals surface area (Å²) in [5.74, 6) is -2.27. The van der Waals surface area contributed by atoms with Crippen molar-refractivity contribution in [3.63, 3.8) is 0 Å². The number of rotatable bonds is 2. The van der Waals surface area contributed by atoms with Crippen molar-refractivity contribution >= 4 is 57.4 Å². The van der Waals surface area contributed by atoms with Gasteiger partial charge in [-0.25, -0.2) is 4.39 Å². The lowest BCUT2D eigenvalue weighted by Gasteiger charge is -2.09. The van der Waals surface area contributed by atoms with Crippen molar-refractivity contribution < 1.29 is 14.0 Å². The molecule has 0 spiro atoms. The molecule has 0 unspecified atom stereocenters. The zero-order valence-electron chi connectivity index (χ0n) is 11.4. The standard InChI is InChI=1S/C15H11ClFIN2O2/c1-8-6-9(18)2-5-13(8)20-15(22)14(21)19-10-3-4-12(17)11(16)7-10/h2-7H,1H3,(H,19,21)(H,20,22). The van der Waals surface area contributed by atoms with Gasteiger partial charge in [0.2, 0.25) is 0 Å². The van der Waals surface area contributed by atoms with Crippen LogP contribution < -0.4 is 10.6 Å². The fraction of sp³-hybridized carbons (Fsp3) is 0.0667. The molecule has 7 heteroatoms. The van der Waals surface area contributed by atoms with Crippen LogP contribution >= 0.6 is 34.2 Å². The predicted octanol–water partition coefficient (Wildman–Crippen LogP) is 3.97. The SMILES string of the molecule is Cc1cc(I)ccc1NC(=O)C(=O)Nc1ccc(F)c(Cl)c1. The van der Waals surface area contributed by atoms with Gasteiger partial charge in [0.1, 0.15) is 5.82 Å². The second-order valence-corrected chi connectivity index (χ2v) is 6.15. The monoisotopic (exact) mass is 432 g/mol. The van der Waals surface area contributed by atoms with Crippen molar-refractivity contribution in [2.45, 2.75) is 6.92 Å². The van der Waals surface area contributed by atoms with E-state index in [1.807, 2.05) is 19.1 Å². The third kappa shape index (κ3) is 4.17. The molecule has 0 heterocycles. The molecular weight excluding hydrogens is 422 g/mol. The highest BCUT2D eigenvalue weighted by molar-refractivity contribution is 14.1. The highest BCUT2D eigenvalue weighted by Crippen LogP contribution is 2.20. The third-order valence-electron chi connectivity index (χ3n) is 2.82. The normalized spacial score (nSPS) is 10.2. The van der Waals surface area contributed by atoms with Crippen LogP contribution in [0.2, 0.25) is 5.02 Å². The van der Waals surface area contributed by atoms with E-state index in [9.17, 15) is 14.0 Å². The number of anilines is 2. The van der Waals surface area contributed by atoms with Gasteiger partial charge in [0.05, 0.1) is 5.02 Å². The van der Waals surface area contributed by atoms with Gasteiger partial charge in [-0.05, 0) is 71.5 Å². The third-order valence-corrected chi connectivity index (χ3v) is 3.78. The van der Waals surface area contributed by atoms with Crippen molar-refractivity contribution in [1.82, 2.24) is 0 Å². The number of nitrogens with one attached hydrogen (secondary N) is 2. The van der Waals surface area contributed by atoms with E-state index < -0.39 is 17.6 Å². The zero-order chi connectivity index (χ0) is 16.3. The van der Waals surface area contributed by atoms with Crippen molar-refractivity contribution in [2.24, 2.45) is 0 Å². The second-order valence-electron chi connectivity index (χ2n) is 4.50. The van der Waals surface area contributed by atoms with E-state index in [-0.39, 0.29) is 10.7 Å². The molecule has 0 aliphatic rings. The van der Waals surface area contributed by atoms with Crippen molar-refractivity contribution in [3.05, 3.63) is 56.4 Å². The minimum absolute atomic E-state index is 0.133. The lowest BCUT2D eigenvalue weighted by molar-refractivity contribution is -0.133. The summed E-state index contributed by atoms with van der Waals surface area (Å²) < 4.78 is 14.1. The van der Waals surface area contributed by atoms with Gasteiger partial charge in [-0.1, -0.05) is 11.6 Å². The van der Waals surface area contributed by atoms with Crippen molar-refractivity contribution in [3.8, 4) is 0 Å². The second kappa shape index (κ2) is 7.06. The highest BCUT2D eigenvalue weighted by Gasteiger charge is 2.15. The van der Waals surface area contributed by atoms with Gasteiger partial charge in [-0.2, -0.15) is 0 Å². The summed E-state index contributed by atoms with van der Waals surface area (Å²) >= 11 is 7.77. The van der Waals surface area contributed by atoms with Gasteiger partial charge >= 0.3 is 11.8 Å². The molecule has 0 atom stereocenters. The molecule has 0 fully saturated rings. The van der Waals surface area contributed by atoms with Crippen LogP contribution in [0.1, 0.15) is 5.56 Å². The molecule has 0 bridgehead atoms. The van der Waals surface area contributed by atoms with E-state index in [1.165, 1.54) is 12.1 Å². The van der Waals surface area contributed by atoms with Crippen LogP contribution in [0, 0.1) is 16.3 Å². The van der Waals surface area contributed by atoms with E-state index in [0.29, 0.717) is 5.69 Å². The number of hydrogen-bond acceptors (Lipinski definition) is 2. The zero-order valence-corrected chi connectivity index (χ0v) is 14.3. The number of aryl methyl sites for hydroxylation is 1. The molecule has 0 saturated heterocycles.